The Hall–Kier alpha value is -3.21. The first-order valence-electron chi connectivity index (χ1n) is 8.73. The summed E-state index contributed by atoms with van der Waals surface area (Å²) >= 11 is 0. The average molecular weight is 343 g/mol. The molecule has 130 valence electrons. The van der Waals surface area contributed by atoms with Crippen LogP contribution in [-0.2, 0) is 0 Å². The molecule has 0 saturated carbocycles. The van der Waals surface area contributed by atoms with Gasteiger partial charge in [0.25, 0.3) is 5.78 Å². The van der Waals surface area contributed by atoms with E-state index in [0.717, 1.165) is 17.1 Å². The molecule has 5 nitrogen and oxygen atoms in total. The van der Waals surface area contributed by atoms with Gasteiger partial charge in [0, 0.05) is 23.4 Å². The molecule has 0 aliphatic carbocycles. The van der Waals surface area contributed by atoms with E-state index in [1.807, 2.05) is 43.3 Å². The summed E-state index contributed by atoms with van der Waals surface area (Å²) in [6.07, 6.45) is 0. The molecule has 2 heterocycles. The molecule has 0 radical (unpaired) electrons. The summed E-state index contributed by atoms with van der Waals surface area (Å²) in [6.45, 7) is 6.17. The Morgan fingerprint density at radius 3 is 2.50 bits per heavy atom. The normalized spacial score (nSPS) is 12.3. The van der Waals surface area contributed by atoms with Crippen LogP contribution < -0.4 is 5.32 Å². The van der Waals surface area contributed by atoms with Crippen molar-refractivity contribution in [2.24, 2.45) is 0 Å². The molecule has 0 fully saturated rings. The van der Waals surface area contributed by atoms with Crippen LogP contribution >= 0.6 is 0 Å². The number of fused-ring (bicyclic) bond motifs is 1. The first-order valence-corrected chi connectivity index (χ1v) is 8.73. The third kappa shape index (κ3) is 3.16. The molecule has 0 aliphatic rings. The molecule has 0 saturated heterocycles. The fourth-order valence-corrected chi connectivity index (χ4v) is 3.04. The zero-order valence-electron chi connectivity index (χ0n) is 15.1. The Labute approximate surface area is 152 Å². The van der Waals surface area contributed by atoms with Gasteiger partial charge in [0.2, 0.25) is 0 Å². The number of nitrogens with one attached hydrogen (secondary N) is 1. The summed E-state index contributed by atoms with van der Waals surface area (Å²) in [5, 5.41) is 8.23. The zero-order chi connectivity index (χ0) is 18.1. The second kappa shape index (κ2) is 6.59. The summed E-state index contributed by atoms with van der Waals surface area (Å²) < 4.78 is 1.78. The number of aromatic nitrogens is 4. The van der Waals surface area contributed by atoms with E-state index in [0.29, 0.717) is 11.6 Å². The molecule has 0 aliphatic heterocycles. The van der Waals surface area contributed by atoms with E-state index < -0.39 is 0 Å². The van der Waals surface area contributed by atoms with Crippen molar-refractivity contribution in [3.63, 3.8) is 0 Å². The smallest absolute Gasteiger partial charge is 0.254 e. The van der Waals surface area contributed by atoms with Crippen molar-refractivity contribution in [2.75, 3.05) is 5.32 Å². The fraction of sp³-hybridized carbons (Fsp3) is 0.190. The van der Waals surface area contributed by atoms with Gasteiger partial charge in [-0.1, -0.05) is 54.1 Å². The molecule has 2 aromatic heterocycles. The van der Waals surface area contributed by atoms with Gasteiger partial charge in [-0.3, -0.25) is 0 Å². The monoisotopic (exact) mass is 343 g/mol. The van der Waals surface area contributed by atoms with Crippen molar-refractivity contribution >= 4 is 11.6 Å². The van der Waals surface area contributed by atoms with Crippen LogP contribution in [0.3, 0.4) is 0 Å². The average Bonchev–Trinajstić information content (AvgIpc) is 3.06. The molecule has 0 spiro atoms. The van der Waals surface area contributed by atoms with Crippen molar-refractivity contribution < 1.29 is 0 Å². The molecular formula is C21H21N5. The lowest BCUT2D eigenvalue weighted by Crippen LogP contribution is -2.11. The number of hydrogen-bond donors (Lipinski definition) is 1. The molecule has 26 heavy (non-hydrogen) atoms. The van der Waals surface area contributed by atoms with Crippen LogP contribution in [0.5, 0.6) is 0 Å². The van der Waals surface area contributed by atoms with Crippen LogP contribution in [0.15, 0.2) is 60.7 Å². The van der Waals surface area contributed by atoms with Gasteiger partial charge in [0.15, 0.2) is 5.82 Å². The highest BCUT2D eigenvalue weighted by Crippen LogP contribution is 2.22. The number of rotatable bonds is 4. The van der Waals surface area contributed by atoms with E-state index in [2.05, 4.69) is 53.4 Å². The minimum atomic E-state index is 0.146. The highest BCUT2D eigenvalue weighted by molar-refractivity contribution is 5.59. The van der Waals surface area contributed by atoms with Crippen LogP contribution in [0.4, 0.5) is 5.82 Å². The summed E-state index contributed by atoms with van der Waals surface area (Å²) in [5.74, 6) is 2.17. The lowest BCUT2D eigenvalue weighted by atomic mass is 10.1. The maximum absolute atomic E-state index is 4.69. The summed E-state index contributed by atoms with van der Waals surface area (Å²) in [6, 6.07) is 20.7. The predicted octanol–water partition coefficient (Wildman–Crippen LogP) is 4.58. The van der Waals surface area contributed by atoms with Crippen molar-refractivity contribution in [1.82, 2.24) is 19.6 Å². The van der Waals surface area contributed by atoms with Gasteiger partial charge in [-0.2, -0.15) is 9.50 Å². The number of nitrogens with zero attached hydrogens (tertiary/aromatic N) is 4. The first kappa shape index (κ1) is 16.3. The predicted molar refractivity (Wildman–Crippen MR) is 104 cm³/mol. The van der Waals surface area contributed by atoms with Crippen LogP contribution in [0.2, 0.25) is 0 Å². The van der Waals surface area contributed by atoms with E-state index in [1.165, 1.54) is 11.1 Å². The largest absolute Gasteiger partial charge is 0.363 e. The molecular weight excluding hydrogens is 322 g/mol. The Balaban J connectivity index is 1.75. The SMILES string of the molecule is Cc1cccc(-c2nc3nc(C)cc(N[C@@H](C)c4ccccc4)n3n2)c1. The van der Waals surface area contributed by atoms with E-state index in [-0.39, 0.29) is 6.04 Å². The number of anilines is 1. The quantitative estimate of drug-likeness (QED) is 0.589. The highest BCUT2D eigenvalue weighted by atomic mass is 15.4. The van der Waals surface area contributed by atoms with E-state index in [9.17, 15) is 0 Å². The molecule has 1 N–H and O–H groups in total. The lowest BCUT2D eigenvalue weighted by Gasteiger charge is -2.16. The van der Waals surface area contributed by atoms with Crippen LogP contribution in [0.25, 0.3) is 17.2 Å². The van der Waals surface area contributed by atoms with E-state index >= 15 is 0 Å². The molecule has 0 unspecified atom stereocenters. The van der Waals surface area contributed by atoms with Gasteiger partial charge in [0.1, 0.15) is 5.82 Å². The van der Waals surface area contributed by atoms with Gasteiger partial charge in [-0.05, 0) is 32.4 Å². The van der Waals surface area contributed by atoms with E-state index in [1.54, 1.807) is 4.52 Å². The Bertz CT molecular complexity index is 1050. The Morgan fingerprint density at radius 2 is 1.73 bits per heavy atom. The van der Waals surface area contributed by atoms with Gasteiger partial charge < -0.3 is 5.32 Å². The zero-order valence-corrected chi connectivity index (χ0v) is 15.1. The highest BCUT2D eigenvalue weighted by Gasteiger charge is 2.13. The molecule has 0 bridgehead atoms. The van der Waals surface area contributed by atoms with E-state index in [4.69, 9.17) is 5.10 Å². The third-order valence-corrected chi connectivity index (χ3v) is 4.38. The Morgan fingerprint density at radius 1 is 0.923 bits per heavy atom. The number of benzene rings is 2. The molecule has 0 amide bonds. The molecule has 4 rings (SSSR count). The molecule has 4 aromatic rings. The van der Waals surface area contributed by atoms with Crippen molar-refractivity contribution in [3.8, 4) is 11.4 Å². The third-order valence-electron chi connectivity index (χ3n) is 4.38. The van der Waals surface area contributed by atoms with Gasteiger partial charge in [-0.15, -0.1) is 5.10 Å². The summed E-state index contributed by atoms with van der Waals surface area (Å²) in [7, 11) is 0. The van der Waals surface area contributed by atoms with Crippen LogP contribution in [0.1, 0.15) is 29.8 Å². The van der Waals surface area contributed by atoms with Gasteiger partial charge in [-0.25, -0.2) is 4.98 Å². The second-order valence-electron chi connectivity index (χ2n) is 6.58. The maximum atomic E-state index is 4.69. The topological polar surface area (TPSA) is 55.1 Å². The summed E-state index contributed by atoms with van der Waals surface area (Å²) in [4.78, 5) is 9.16. The minimum absolute atomic E-state index is 0.146. The first-order chi connectivity index (χ1) is 12.6. The van der Waals surface area contributed by atoms with Crippen molar-refractivity contribution in [3.05, 3.63) is 77.5 Å². The van der Waals surface area contributed by atoms with Crippen molar-refractivity contribution in [2.45, 2.75) is 26.8 Å². The summed E-state index contributed by atoms with van der Waals surface area (Å²) in [5.41, 5.74) is 4.30. The molecule has 1 atom stereocenters. The second-order valence-corrected chi connectivity index (χ2v) is 6.58. The molecule has 2 aromatic carbocycles. The number of hydrogen-bond acceptors (Lipinski definition) is 4. The van der Waals surface area contributed by atoms with Crippen molar-refractivity contribution in [1.29, 1.82) is 0 Å². The molecule has 5 heteroatoms. The van der Waals surface area contributed by atoms with Crippen LogP contribution in [0, 0.1) is 13.8 Å². The van der Waals surface area contributed by atoms with Gasteiger partial charge >= 0.3 is 0 Å². The number of aryl methyl sites for hydroxylation is 2. The minimum Gasteiger partial charge on any atom is -0.363 e. The van der Waals surface area contributed by atoms with Crippen LogP contribution in [-0.4, -0.2) is 19.6 Å². The standard InChI is InChI=1S/C21H21N5/c1-14-8-7-11-18(12-14)20-24-21-22-15(2)13-19(26(21)25-20)23-16(3)17-9-5-4-6-10-17/h4-13,16,23H,1-3H3/t16-/m0/s1. The Kier molecular flexibility index (Phi) is 4.13. The maximum Gasteiger partial charge on any atom is 0.254 e. The lowest BCUT2D eigenvalue weighted by molar-refractivity contribution is 0.838. The fourth-order valence-electron chi connectivity index (χ4n) is 3.04. The van der Waals surface area contributed by atoms with Gasteiger partial charge in [0.05, 0.1) is 0 Å².